The molecule has 21 heavy (non-hydrogen) atoms. The molecule has 1 aromatic carbocycles. The summed E-state index contributed by atoms with van der Waals surface area (Å²) in [4.78, 5) is 14.2. The summed E-state index contributed by atoms with van der Waals surface area (Å²) in [6.07, 6.45) is 3.46. The number of hydrogen-bond acceptors (Lipinski definition) is 4. The van der Waals surface area contributed by atoms with Crippen molar-refractivity contribution in [2.45, 2.75) is 31.8 Å². The molecule has 0 atom stereocenters. The molecule has 0 unspecified atom stereocenters. The molecule has 5 nitrogen and oxygen atoms in total. The van der Waals surface area contributed by atoms with Crippen LogP contribution in [0.1, 0.15) is 24.8 Å². The first kappa shape index (κ1) is 14.2. The van der Waals surface area contributed by atoms with Gasteiger partial charge in [0, 0.05) is 26.6 Å². The maximum absolute atomic E-state index is 12.2. The summed E-state index contributed by atoms with van der Waals surface area (Å²) in [6, 6.07) is 5.87. The molecule has 1 aromatic rings. The van der Waals surface area contributed by atoms with Gasteiger partial charge in [0.1, 0.15) is 0 Å². The Balaban J connectivity index is 1.50. The number of aryl methyl sites for hydroxylation is 1. The summed E-state index contributed by atoms with van der Waals surface area (Å²) >= 11 is 0. The Hall–Kier alpha value is -1.75. The summed E-state index contributed by atoms with van der Waals surface area (Å²) in [5.41, 5.74) is 1.11. The number of nitrogens with zero attached hydrogens (tertiary/aromatic N) is 1. The number of carbonyl (C=O) groups excluding carboxylic acids is 1. The van der Waals surface area contributed by atoms with Gasteiger partial charge in [-0.2, -0.15) is 0 Å². The fourth-order valence-corrected chi connectivity index (χ4v) is 2.85. The van der Waals surface area contributed by atoms with Crippen LogP contribution in [0.2, 0.25) is 0 Å². The Kier molecular flexibility index (Phi) is 4.29. The molecule has 0 spiro atoms. The monoisotopic (exact) mass is 291 g/mol. The smallest absolute Gasteiger partial charge is 0.231 e. The average Bonchev–Trinajstić information content (AvgIpc) is 3.00. The third-order valence-corrected chi connectivity index (χ3v) is 4.19. The van der Waals surface area contributed by atoms with E-state index in [1.54, 1.807) is 7.11 Å². The molecular formula is C16H21NO4. The molecule has 2 heterocycles. The van der Waals surface area contributed by atoms with E-state index >= 15 is 0 Å². The van der Waals surface area contributed by atoms with Gasteiger partial charge in [-0.3, -0.25) is 4.79 Å². The van der Waals surface area contributed by atoms with Crippen LogP contribution in [0.25, 0.3) is 0 Å². The second-order valence-electron chi connectivity index (χ2n) is 5.50. The van der Waals surface area contributed by atoms with Crippen LogP contribution in [0.3, 0.4) is 0 Å². The lowest BCUT2D eigenvalue weighted by atomic mass is 10.1. The standard InChI is InChI=1S/C16H21NO4/c1-19-13-6-8-17(9-7-13)16(18)5-3-12-2-4-14-15(10-12)21-11-20-14/h2,4,10,13H,3,5-9,11H2,1H3. The summed E-state index contributed by atoms with van der Waals surface area (Å²) in [5.74, 6) is 1.79. The summed E-state index contributed by atoms with van der Waals surface area (Å²) in [7, 11) is 1.74. The molecule has 0 aliphatic carbocycles. The number of rotatable bonds is 4. The van der Waals surface area contributed by atoms with E-state index in [2.05, 4.69) is 0 Å². The average molecular weight is 291 g/mol. The van der Waals surface area contributed by atoms with E-state index in [0.29, 0.717) is 12.5 Å². The van der Waals surface area contributed by atoms with Gasteiger partial charge >= 0.3 is 0 Å². The van der Waals surface area contributed by atoms with Crippen LogP contribution in [-0.4, -0.2) is 43.9 Å². The highest BCUT2D eigenvalue weighted by Crippen LogP contribution is 2.32. The van der Waals surface area contributed by atoms with E-state index in [9.17, 15) is 4.79 Å². The Labute approximate surface area is 124 Å². The first-order valence-corrected chi connectivity index (χ1v) is 7.45. The predicted octanol–water partition coefficient (Wildman–Crippen LogP) is 1.99. The number of hydrogen-bond donors (Lipinski definition) is 0. The molecule has 0 bridgehead atoms. The SMILES string of the molecule is COC1CCN(C(=O)CCc2ccc3c(c2)OCO3)CC1. The minimum atomic E-state index is 0.224. The molecule has 3 rings (SSSR count). The van der Waals surface area contributed by atoms with Crippen molar-refractivity contribution >= 4 is 5.91 Å². The van der Waals surface area contributed by atoms with Crippen LogP contribution in [0, 0.1) is 0 Å². The van der Waals surface area contributed by atoms with Crippen molar-refractivity contribution in [2.24, 2.45) is 0 Å². The molecule has 1 amide bonds. The number of fused-ring (bicyclic) bond motifs is 1. The van der Waals surface area contributed by atoms with Gasteiger partial charge < -0.3 is 19.1 Å². The van der Waals surface area contributed by atoms with Gasteiger partial charge in [-0.15, -0.1) is 0 Å². The highest BCUT2D eigenvalue weighted by atomic mass is 16.7. The lowest BCUT2D eigenvalue weighted by Crippen LogP contribution is -2.40. The molecule has 2 aliphatic rings. The van der Waals surface area contributed by atoms with Crippen LogP contribution < -0.4 is 9.47 Å². The zero-order valence-electron chi connectivity index (χ0n) is 12.3. The van der Waals surface area contributed by atoms with E-state index in [1.165, 1.54) is 0 Å². The van der Waals surface area contributed by atoms with Crippen LogP contribution in [0.4, 0.5) is 0 Å². The van der Waals surface area contributed by atoms with Crippen molar-refractivity contribution in [3.05, 3.63) is 23.8 Å². The van der Waals surface area contributed by atoms with Crippen LogP contribution in [0.5, 0.6) is 11.5 Å². The zero-order chi connectivity index (χ0) is 14.7. The Morgan fingerprint density at radius 1 is 1.29 bits per heavy atom. The second-order valence-corrected chi connectivity index (χ2v) is 5.50. The van der Waals surface area contributed by atoms with Crippen LogP contribution >= 0.6 is 0 Å². The Morgan fingerprint density at radius 2 is 2.05 bits per heavy atom. The van der Waals surface area contributed by atoms with Gasteiger partial charge in [-0.1, -0.05) is 6.07 Å². The number of likely N-dealkylation sites (tertiary alicyclic amines) is 1. The predicted molar refractivity (Wildman–Crippen MR) is 77.5 cm³/mol. The van der Waals surface area contributed by atoms with Crippen molar-refractivity contribution in [2.75, 3.05) is 27.0 Å². The van der Waals surface area contributed by atoms with Gasteiger partial charge in [-0.25, -0.2) is 0 Å². The van der Waals surface area contributed by atoms with E-state index in [-0.39, 0.29) is 12.7 Å². The van der Waals surface area contributed by atoms with E-state index in [1.807, 2.05) is 23.1 Å². The topological polar surface area (TPSA) is 48.0 Å². The normalized spacial score (nSPS) is 18.0. The molecule has 2 aliphatic heterocycles. The molecule has 5 heteroatoms. The fraction of sp³-hybridized carbons (Fsp3) is 0.562. The van der Waals surface area contributed by atoms with Gasteiger partial charge in [0.25, 0.3) is 0 Å². The number of piperidine rings is 1. The van der Waals surface area contributed by atoms with Crippen molar-refractivity contribution in [3.8, 4) is 11.5 Å². The summed E-state index contributed by atoms with van der Waals surface area (Å²) in [6.45, 7) is 1.89. The lowest BCUT2D eigenvalue weighted by molar-refractivity contribution is -0.133. The van der Waals surface area contributed by atoms with Crippen LogP contribution in [-0.2, 0) is 16.0 Å². The number of ether oxygens (including phenoxy) is 3. The maximum atomic E-state index is 12.2. The van der Waals surface area contributed by atoms with Crippen molar-refractivity contribution < 1.29 is 19.0 Å². The van der Waals surface area contributed by atoms with Gasteiger partial charge in [0.05, 0.1) is 6.10 Å². The molecule has 0 radical (unpaired) electrons. The molecule has 114 valence electrons. The molecule has 0 aromatic heterocycles. The highest BCUT2D eigenvalue weighted by molar-refractivity contribution is 5.76. The zero-order valence-corrected chi connectivity index (χ0v) is 12.3. The third kappa shape index (κ3) is 3.29. The second kappa shape index (κ2) is 6.35. The van der Waals surface area contributed by atoms with Gasteiger partial charge in [0.2, 0.25) is 12.7 Å². The number of carbonyl (C=O) groups is 1. The van der Waals surface area contributed by atoms with E-state index in [0.717, 1.165) is 49.4 Å². The number of amides is 1. The van der Waals surface area contributed by atoms with Gasteiger partial charge in [-0.05, 0) is 37.0 Å². The van der Waals surface area contributed by atoms with E-state index in [4.69, 9.17) is 14.2 Å². The Morgan fingerprint density at radius 3 is 2.81 bits per heavy atom. The highest BCUT2D eigenvalue weighted by Gasteiger charge is 2.22. The first-order valence-electron chi connectivity index (χ1n) is 7.45. The largest absolute Gasteiger partial charge is 0.454 e. The molecular weight excluding hydrogens is 270 g/mol. The van der Waals surface area contributed by atoms with Crippen molar-refractivity contribution in [1.82, 2.24) is 4.90 Å². The molecule has 0 N–H and O–H groups in total. The lowest BCUT2D eigenvalue weighted by Gasteiger charge is -2.31. The molecule has 1 saturated heterocycles. The van der Waals surface area contributed by atoms with E-state index < -0.39 is 0 Å². The minimum absolute atomic E-state index is 0.224. The Bertz CT molecular complexity index is 509. The number of benzene rings is 1. The van der Waals surface area contributed by atoms with Crippen molar-refractivity contribution in [1.29, 1.82) is 0 Å². The molecule has 1 fully saturated rings. The number of methoxy groups -OCH3 is 1. The van der Waals surface area contributed by atoms with Gasteiger partial charge in [0.15, 0.2) is 11.5 Å². The third-order valence-electron chi connectivity index (χ3n) is 4.19. The van der Waals surface area contributed by atoms with Crippen molar-refractivity contribution in [3.63, 3.8) is 0 Å². The molecule has 0 saturated carbocycles. The fourth-order valence-electron chi connectivity index (χ4n) is 2.85. The van der Waals surface area contributed by atoms with Crippen LogP contribution in [0.15, 0.2) is 18.2 Å². The summed E-state index contributed by atoms with van der Waals surface area (Å²) in [5, 5.41) is 0. The summed E-state index contributed by atoms with van der Waals surface area (Å²) < 4.78 is 16.0. The quantitative estimate of drug-likeness (QED) is 0.851. The minimum Gasteiger partial charge on any atom is -0.454 e. The maximum Gasteiger partial charge on any atom is 0.231 e. The first-order chi connectivity index (χ1) is 10.3.